The summed E-state index contributed by atoms with van der Waals surface area (Å²) in [4.78, 5) is 0. The van der Waals surface area contributed by atoms with Gasteiger partial charge in [0.1, 0.15) is 0 Å². The Kier molecular flexibility index (Phi) is 5.58. The predicted molar refractivity (Wildman–Crippen MR) is 42.8 cm³/mol. The van der Waals surface area contributed by atoms with Gasteiger partial charge in [-0.05, 0) is 5.92 Å². The van der Waals surface area contributed by atoms with Crippen LogP contribution in [0.15, 0.2) is 0 Å². The number of aliphatic hydroxyl groups is 1. The van der Waals surface area contributed by atoms with Crippen molar-refractivity contribution in [2.75, 3.05) is 19.7 Å². The summed E-state index contributed by atoms with van der Waals surface area (Å²) in [5, 5.41) is 11.5. The molecule has 0 saturated heterocycles. The summed E-state index contributed by atoms with van der Waals surface area (Å²) < 4.78 is 0. The van der Waals surface area contributed by atoms with Gasteiger partial charge in [0.2, 0.25) is 0 Å². The molecule has 10 heavy (non-hydrogen) atoms. The third kappa shape index (κ3) is 4.73. The first kappa shape index (κ1) is 9.88. The van der Waals surface area contributed by atoms with E-state index < -0.39 is 0 Å². The first-order valence-electron chi connectivity index (χ1n) is 3.75. The summed E-state index contributed by atoms with van der Waals surface area (Å²) in [6, 6.07) is 0.201. The highest BCUT2D eigenvalue weighted by molar-refractivity contribution is 4.67. The average Bonchev–Trinajstić information content (AvgIpc) is 1.88. The summed E-state index contributed by atoms with van der Waals surface area (Å²) in [6.07, 6.45) is 0. The van der Waals surface area contributed by atoms with Gasteiger partial charge in [-0.1, -0.05) is 13.8 Å². The molecule has 0 fully saturated rings. The van der Waals surface area contributed by atoms with Gasteiger partial charge < -0.3 is 16.2 Å². The van der Waals surface area contributed by atoms with Gasteiger partial charge in [0, 0.05) is 19.1 Å². The van der Waals surface area contributed by atoms with Crippen LogP contribution in [0.25, 0.3) is 0 Å². The van der Waals surface area contributed by atoms with E-state index in [2.05, 4.69) is 19.2 Å². The van der Waals surface area contributed by atoms with Crippen LogP contribution in [0.3, 0.4) is 0 Å². The molecular weight excluding hydrogens is 128 g/mol. The minimum Gasteiger partial charge on any atom is -0.395 e. The molecule has 3 nitrogen and oxygen atoms in total. The Bertz CT molecular complexity index is 76.0. The van der Waals surface area contributed by atoms with Crippen LogP contribution in [0.5, 0.6) is 0 Å². The van der Waals surface area contributed by atoms with E-state index in [1.807, 2.05) is 0 Å². The average molecular weight is 146 g/mol. The Labute approximate surface area is 62.6 Å². The minimum absolute atomic E-state index is 0.185. The van der Waals surface area contributed by atoms with Crippen molar-refractivity contribution in [1.82, 2.24) is 5.32 Å². The molecule has 0 amide bonds. The van der Waals surface area contributed by atoms with E-state index in [9.17, 15) is 0 Å². The van der Waals surface area contributed by atoms with E-state index >= 15 is 0 Å². The lowest BCUT2D eigenvalue weighted by Crippen LogP contribution is -2.38. The molecule has 0 heterocycles. The molecule has 0 saturated carbocycles. The number of rotatable bonds is 5. The van der Waals surface area contributed by atoms with Gasteiger partial charge in [-0.3, -0.25) is 0 Å². The maximum absolute atomic E-state index is 8.41. The van der Waals surface area contributed by atoms with Crippen molar-refractivity contribution in [3.63, 3.8) is 0 Å². The van der Waals surface area contributed by atoms with Crippen LogP contribution in [-0.4, -0.2) is 30.8 Å². The quantitative estimate of drug-likeness (QED) is 0.460. The fraction of sp³-hybridized carbons (Fsp3) is 1.00. The third-order valence-electron chi connectivity index (χ3n) is 1.52. The SMILES string of the molecule is CC(C)C(N)CNCCO. The van der Waals surface area contributed by atoms with Crippen molar-refractivity contribution in [3.05, 3.63) is 0 Å². The standard InChI is InChI=1S/C7H18N2O/c1-6(2)7(8)5-9-3-4-10/h6-7,9-10H,3-5,8H2,1-2H3. The van der Waals surface area contributed by atoms with Crippen molar-refractivity contribution >= 4 is 0 Å². The van der Waals surface area contributed by atoms with Crippen LogP contribution in [0.1, 0.15) is 13.8 Å². The van der Waals surface area contributed by atoms with Crippen molar-refractivity contribution in [2.24, 2.45) is 11.7 Å². The molecule has 1 atom stereocenters. The van der Waals surface area contributed by atoms with E-state index in [1.54, 1.807) is 0 Å². The number of aliphatic hydroxyl groups excluding tert-OH is 1. The normalized spacial score (nSPS) is 14.1. The molecule has 1 unspecified atom stereocenters. The summed E-state index contributed by atoms with van der Waals surface area (Å²) in [6.45, 7) is 5.79. The number of hydrogen-bond acceptors (Lipinski definition) is 3. The molecule has 0 rings (SSSR count). The highest BCUT2D eigenvalue weighted by atomic mass is 16.3. The second-order valence-electron chi connectivity index (χ2n) is 2.84. The maximum Gasteiger partial charge on any atom is 0.0555 e. The molecule has 0 radical (unpaired) electrons. The molecule has 0 aromatic rings. The minimum atomic E-state index is 0.185. The lowest BCUT2D eigenvalue weighted by atomic mass is 10.1. The Hall–Kier alpha value is -0.120. The third-order valence-corrected chi connectivity index (χ3v) is 1.52. The molecule has 0 aliphatic heterocycles. The van der Waals surface area contributed by atoms with Gasteiger partial charge in [-0.15, -0.1) is 0 Å². The lowest BCUT2D eigenvalue weighted by Gasteiger charge is -2.15. The molecule has 0 spiro atoms. The van der Waals surface area contributed by atoms with E-state index in [-0.39, 0.29) is 12.6 Å². The van der Waals surface area contributed by atoms with Crippen molar-refractivity contribution in [3.8, 4) is 0 Å². The van der Waals surface area contributed by atoms with Gasteiger partial charge in [-0.2, -0.15) is 0 Å². The summed E-state index contributed by atoms with van der Waals surface area (Å²) in [7, 11) is 0. The zero-order chi connectivity index (χ0) is 7.98. The second-order valence-corrected chi connectivity index (χ2v) is 2.84. The van der Waals surface area contributed by atoms with Crippen LogP contribution in [-0.2, 0) is 0 Å². The Morgan fingerprint density at radius 3 is 2.50 bits per heavy atom. The van der Waals surface area contributed by atoms with Crippen molar-refractivity contribution in [1.29, 1.82) is 0 Å². The van der Waals surface area contributed by atoms with Gasteiger partial charge in [-0.25, -0.2) is 0 Å². The zero-order valence-corrected chi connectivity index (χ0v) is 6.80. The topological polar surface area (TPSA) is 58.3 Å². The molecule has 0 aliphatic rings. The fourth-order valence-corrected chi connectivity index (χ4v) is 0.583. The van der Waals surface area contributed by atoms with E-state index in [4.69, 9.17) is 10.8 Å². The summed E-state index contributed by atoms with van der Waals surface area (Å²) in [5.74, 6) is 0.506. The van der Waals surface area contributed by atoms with Crippen molar-refractivity contribution in [2.45, 2.75) is 19.9 Å². The molecule has 0 aromatic carbocycles. The number of nitrogens with two attached hydrogens (primary N) is 1. The highest BCUT2D eigenvalue weighted by Crippen LogP contribution is 1.95. The summed E-state index contributed by atoms with van der Waals surface area (Å²) in [5.41, 5.74) is 5.71. The van der Waals surface area contributed by atoms with Crippen LogP contribution in [0, 0.1) is 5.92 Å². The molecule has 0 bridgehead atoms. The Morgan fingerprint density at radius 2 is 2.10 bits per heavy atom. The number of nitrogens with one attached hydrogen (secondary N) is 1. The van der Waals surface area contributed by atoms with Crippen LogP contribution < -0.4 is 11.1 Å². The maximum atomic E-state index is 8.41. The highest BCUT2D eigenvalue weighted by Gasteiger charge is 2.04. The smallest absolute Gasteiger partial charge is 0.0555 e. The van der Waals surface area contributed by atoms with Crippen molar-refractivity contribution < 1.29 is 5.11 Å². The van der Waals surface area contributed by atoms with E-state index in [0.717, 1.165) is 6.54 Å². The molecule has 0 aliphatic carbocycles. The fourth-order valence-electron chi connectivity index (χ4n) is 0.583. The molecule has 0 aromatic heterocycles. The second kappa shape index (κ2) is 5.65. The van der Waals surface area contributed by atoms with Crippen LogP contribution in [0.4, 0.5) is 0 Å². The first-order chi connectivity index (χ1) is 4.68. The van der Waals surface area contributed by atoms with E-state index in [1.165, 1.54) is 0 Å². The van der Waals surface area contributed by atoms with Gasteiger partial charge >= 0.3 is 0 Å². The summed E-state index contributed by atoms with van der Waals surface area (Å²) >= 11 is 0. The monoisotopic (exact) mass is 146 g/mol. The molecular formula is C7H18N2O. The first-order valence-corrected chi connectivity index (χ1v) is 3.75. The Balaban J connectivity index is 3.13. The molecule has 3 heteroatoms. The number of hydrogen-bond donors (Lipinski definition) is 3. The van der Waals surface area contributed by atoms with Gasteiger partial charge in [0.25, 0.3) is 0 Å². The predicted octanol–water partition coefficient (Wildman–Crippen LogP) is -0.448. The Morgan fingerprint density at radius 1 is 1.50 bits per heavy atom. The van der Waals surface area contributed by atoms with Gasteiger partial charge in [0.05, 0.1) is 6.61 Å². The van der Waals surface area contributed by atoms with Gasteiger partial charge in [0.15, 0.2) is 0 Å². The van der Waals surface area contributed by atoms with E-state index in [0.29, 0.717) is 12.5 Å². The lowest BCUT2D eigenvalue weighted by molar-refractivity contribution is 0.288. The molecule has 4 N–H and O–H groups in total. The zero-order valence-electron chi connectivity index (χ0n) is 6.80. The largest absolute Gasteiger partial charge is 0.395 e. The van der Waals surface area contributed by atoms with Crippen LogP contribution >= 0.6 is 0 Å². The molecule has 62 valence electrons. The van der Waals surface area contributed by atoms with Crippen LogP contribution in [0.2, 0.25) is 0 Å².